The van der Waals surface area contributed by atoms with Gasteiger partial charge in [0.1, 0.15) is 0 Å². The van der Waals surface area contributed by atoms with E-state index in [1.807, 2.05) is 0 Å². The summed E-state index contributed by atoms with van der Waals surface area (Å²) in [5, 5.41) is 8.79. The van der Waals surface area contributed by atoms with Crippen LogP contribution in [0.5, 0.6) is 0 Å². The third kappa shape index (κ3) is 7.28. The number of aromatic nitrogens is 5. The van der Waals surface area contributed by atoms with Gasteiger partial charge in [-0.15, -0.1) is 0 Å². The van der Waals surface area contributed by atoms with Crippen molar-refractivity contribution in [3.05, 3.63) is 91.4 Å². The quantitative estimate of drug-likeness (QED) is 0.239. The molecule has 5 aromatic heterocycles. The molecule has 15 heteroatoms. The third-order valence-electron chi connectivity index (χ3n) is 4.39. The molecule has 0 saturated carbocycles. The van der Waals surface area contributed by atoms with Crippen LogP contribution in [0.4, 0.5) is 19.0 Å². The lowest BCUT2D eigenvalue weighted by molar-refractivity contribution is 0.0595. The molecule has 194 valence electrons. The smallest absolute Gasteiger partial charge is 0.358 e. The fourth-order valence-corrected chi connectivity index (χ4v) is 3.95. The SMILES string of the molecule is COC(=O)c1cn2cc(Br)cc(F)c2n1.Nc1ncc(Br)cc1F.OCc1cn2cc(Br)cc(F)c2n1. The number of nitrogen functional groups attached to an aromatic ring is 1. The van der Waals surface area contributed by atoms with Crippen molar-refractivity contribution in [2.24, 2.45) is 0 Å². The summed E-state index contributed by atoms with van der Waals surface area (Å²) in [6, 6.07) is 3.88. The van der Waals surface area contributed by atoms with Gasteiger partial charge in [0.05, 0.1) is 19.4 Å². The zero-order valence-corrected chi connectivity index (χ0v) is 23.4. The van der Waals surface area contributed by atoms with Crippen LogP contribution in [0.15, 0.2) is 62.6 Å². The van der Waals surface area contributed by atoms with Gasteiger partial charge < -0.3 is 24.4 Å². The number of hydrogen-bond acceptors (Lipinski definition) is 7. The highest BCUT2D eigenvalue weighted by Gasteiger charge is 2.13. The summed E-state index contributed by atoms with van der Waals surface area (Å²) in [7, 11) is 1.25. The Balaban J connectivity index is 0.000000159. The largest absolute Gasteiger partial charge is 0.464 e. The number of nitrogens with two attached hydrogens (primary N) is 1. The standard InChI is InChI=1S/C9H6BrFN2O2.C8H6BrFN2O.C5H4BrFN2/c1-15-9(14)7-4-13-3-5(10)2-6(11)8(13)12-7;9-5-1-7(10)8-11-6(4-13)3-12(8)2-5;6-3-1-4(7)5(8)9-2-3/h2-4H,1H3;1-3,13H,4H2;1-2H,(H2,8,9). The second kappa shape index (κ2) is 12.5. The number of halogens is 6. The maximum Gasteiger partial charge on any atom is 0.358 e. The summed E-state index contributed by atoms with van der Waals surface area (Å²) in [6.45, 7) is -0.182. The Morgan fingerprint density at radius 2 is 1.46 bits per heavy atom. The third-order valence-corrected chi connectivity index (χ3v) is 5.69. The molecule has 0 aliphatic carbocycles. The molecule has 0 radical (unpaired) electrons. The predicted octanol–water partition coefficient (Wildman–Crippen LogP) is 5.32. The van der Waals surface area contributed by atoms with E-state index in [1.54, 1.807) is 18.6 Å². The minimum atomic E-state index is -0.589. The molecule has 0 aliphatic heterocycles. The zero-order valence-electron chi connectivity index (χ0n) is 18.7. The van der Waals surface area contributed by atoms with Crippen molar-refractivity contribution in [3.63, 3.8) is 0 Å². The van der Waals surface area contributed by atoms with E-state index in [0.29, 0.717) is 19.1 Å². The van der Waals surface area contributed by atoms with Gasteiger partial charge in [-0.1, -0.05) is 0 Å². The van der Waals surface area contributed by atoms with Gasteiger partial charge in [-0.3, -0.25) is 0 Å². The van der Waals surface area contributed by atoms with Crippen molar-refractivity contribution < 1.29 is 27.8 Å². The van der Waals surface area contributed by atoms with E-state index in [2.05, 4.69) is 67.5 Å². The highest BCUT2D eigenvalue weighted by Crippen LogP contribution is 2.18. The van der Waals surface area contributed by atoms with E-state index in [4.69, 9.17) is 10.8 Å². The van der Waals surface area contributed by atoms with Gasteiger partial charge in [0.25, 0.3) is 0 Å². The number of pyridine rings is 3. The first-order chi connectivity index (χ1) is 17.5. The zero-order chi connectivity index (χ0) is 27.3. The topological polar surface area (TPSA) is 120 Å². The van der Waals surface area contributed by atoms with Crippen LogP contribution in [0.3, 0.4) is 0 Å². The summed E-state index contributed by atoms with van der Waals surface area (Å²) in [4.78, 5) is 22.4. The molecule has 0 aliphatic rings. The molecule has 5 heterocycles. The minimum Gasteiger partial charge on any atom is -0.464 e. The number of rotatable bonds is 2. The van der Waals surface area contributed by atoms with Crippen molar-refractivity contribution in [2.45, 2.75) is 6.61 Å². The van der Waals surface area contributed by atoms with E-state index in [0.717, 1.165) is 0 Å². The lowest BCUT2D eigenvalue weighted by atomic mass is 10.4. The summed E-state index contributed by atoms with van der Waals surface area (Å²) < 4.78 is 48.2. The van der Waals surface area contributed by atoms with Crippen molar-refractivity contribution in [3.8, 4) is 0 Å². The second-order valence-corrected chi connectivity index (χ2v) is 9.75. The number of carbonyl (C=O) groups excluding carboxylic acids is 1. The fourth-order valence-electron chi connectivity index (χ4n) is 2.80. The van der Waals surface area contributed by atoms with Gasteiger partial charge in [-0.05, 0) is 66.0 Å². The highest BCUT2D eigenvalue weighted by molar-refractivity contribution is 9.11. The Morgan fingerprint density at radius 3 is 1.97 bits per heavy atom. The number of carbonyl (C=O) groups is 1. The van der Waals surface area contributed by atoms with E-state index < -0.39 is 23.4 Å². The van der Waals surface area contributed by atoms with Gasteiger partial charge in [0.15, 0.2) is 40.3 Å². The van der Waals surface area contributed by atoms with Crippen LogP contribution in [0.2, 0.25) is 0 Å². The Hall–Kier alpha value is -3.01. The molecule has 9 nitrogen and oxygen atoms in total. The number of hydrogen-bond donors (Lipinski definition) is 2. The lowest BCUT2D eigenvalue weighted by Crippen LogP contribution is -2.00. The van der Waals surface area contributed by atoms with Crippen molar-refractivity contribution >= 4 is 70.9 Å². The number of ether oxygens (including phenoxy) is 1. The van der Waals surface area contributed by atoms with Gasteiger partial charge in [0.2, 0.25) is 0 Å². The molecule has 3 N–H and O–H groups in total. The summed E-state index contributed by atoms with van der Waals surface area (Å²) >= 11 is 9.34. The van der Waals surface area contributed by atoms with Crippen LogP contribution >= 0.6 is 47.8 Å². The maximum absolute atomic E-state index is 13.4. The highest BCUT2D eigenvalue weighted by atomic mass is 79.9. The lowest BCUT2D eigenvalue weighted by Gasteiger charge is -1.94. The van der Waals surface area contributed by atoms with E-state index >= 15 is 0 Å². The van der Waals surface area contributed by atoms with E-state index in [-0.39, 0.29) is 29.4 Å². The van der Waals surface area contributed by atoms with Crippen LogP contribution in [-0.2, 0) is 11.3 Å². The summed E-state index contributed by atoms with van der Waals surface area (Å²) in [6.07, 6.45) is 7.74. The number of aliphatic hydroxyl groups excluding tert-OH is 1. The second-order valence-electron chi connectivity index (χ2n) is 7.00. The molecule has 0 atom stereocenters. The molecule has 0 unspecified atom stereocenters. The van der Waals surface area contributed by atoms with E-state index in [9.17, 15) is 18.0 Å². The Kier molecular flexibility index (Phi) is 9.64. The molecule has 0 amide bonds. The number of nitrogens with zero attached hydrogens (tertiary/aromatic N) is 5. The van der Waals surface area contributed by atoms with Gasteiger partial charge in [-0.25, -0.2) is 32.9 Å². The van der Waals surface area contributed by atoms with E-state index in [1.165, 1.54) is 46.5 Å². The van der Waals surface area contributed by atoms with Gasteiger partial charge in [0, 0.05) is 44.4 Å². The fraction of sp³-hybridized carbons (Fsp3) is 0.0909. The molecule has 5 aromatic rings. The first kappa shape index (κ1) is 28.6. The Morgan fingerprint density at radius 1 is 0.919 bits per heavy atom. The number of aliphatic hydroxyl groups is 1. The predicted molar refractivity (Wildman–Crippen MR) is 139 cm³/mol. The average Bonchev–Trinajstić information content (AvgIpc) is 3.46. The number of methoxy groups -OCH3 is 1. The molecule has 0 spiro atoms. The monoisotopic (exact) mass is 706 g/mol. The molecular formula is C22H16Br3F3N6O3. The van der Waals surface area contributed by atoms with Gasteiger partial charge >= 0.3 is 5.97 Å². The molecular weight excluding hydrogens is 693 g/mol. The number of fused-ring (bicyclic) bond motifs is 2. The first-order valence-electron chi connectivity index (χ1n) is 9.94. The average molecular weight is 709 g/mol. The molecule has 0 saturated heterocycles. The summed E-state index contributed by atoms with van der Waals surface area (Å²) in [5.41, 5.74) is 5.94. The molecule has 37 heavy (non-hydrogen) atoms. The molecule has 0 aromatic carbocycles. The summed E-state index contributed by atoms with van der Waals surface area (Å²) in [5.74, 6) is -2.06. The minimum absolute atomic E-state index is 0.0711. The van der Waals surface area contributed by atoms with Gasteiger partial charge in [-0.2, -0.15) is 0 Å². The Bertz CT molecular complexity index is 1580. The van der Waals surface area contributed by atoms with Crippen LogP contribution in [-0.4, -0.2) is 41.9 Å². The van der Waals surface area contributed by atoms with Crippen molar-refractivity contribution in [1.82, 2.24) is 23.8 Å². The molecule has 5 rings (SSSR count). The normalized spacial score (nSPS) is 10.5. The Labute approximate surface area is 232 Å². The number of anilines is 1. The van der Waals surface area contributed by atoms with Crippen molar-refractivity contribution in [1.29, 1.82) is 0 Å². The number of imidazole rings is 2. The maximum atomic E-state index is 13.4. The first-order valence-corrected chi connectivity index (χ1v) is 12.3. The van der Waals surface area contributed by atoms with Crippen LogP contribution in [0.25, 0.3) is 11.3 Å². The molecule has 0 fully saturated rings. The van der Waals surface area contributed by atoms with Crippen LogP contribution in [0.1, 0.15) is 16.2 Å². The van der Waals surface area contributed by atoms with Crippen LogP contribution < -0.4 is 5.73 Å². The molecule has 0 bridgehead atoms. The number of esters is 1. The van der Waals surface area contributed by atoms with Crippen LogP contribution in [0, 0.1) is 17.5 Å². The van der Waals surface area contributed by atoms with Crippen molar-refractivity contribution in [2.75, 3.05) is 12.8 Å².